The summed E-state index contributed by atoms with van der Waals surface area (Å²) in [6.07, 6.45) is 6.35. The first-order valence-electron chi connectivity index (χ1n) is 10.1. The van der Waals surface area contributed by atoms with E-state index in [2.05, 4.69) is 39.4 Å². The van der Waals surface area contributed by atoms with Crippen LogP contribution in [0.1, 0.15) is 39.0 Å². The molecule has 2 saturated heterocycles. The van der Waals surface area contributed by atoms with Gasteiger partial charge in [0, 0.05) is 32.7 Å². The Morgan fingerprint density at radius 2 is 1.70 bits per heavy atom. The van der Waals surface area contributed by atoms with Gasteiger partial charge in [0.2, 0.25) is 5.91 Å². The van der Waals surface area contributed by atoms with E-state index in [-0.39, 0.29) is 42.0 Å². The molecular formula is C19H39IN6O. The van der Waals surface area contributed by atoms with Gasteiger partial charge in [0.15, 0.2) is 5.96 Å². The number of amides is 1. The fourth-order valence-corrected chi connectivity index (χ4v) is 3.89. The highest BCUT2D eigenvalue weighted by molar-refractivity contribution is 14.0. The summed E-state index contributed by atoms with van der Waals surface area (Å²) in [7, 11) is 5.75. The Morgan fingerprint density at radius 3 is 2.26 bits per heavy atom. The molecule has 0 aromatic carbocycles. The Hall–Kier alpha value is -0.610. The lowest BCUT2D eigenvalue weighted by Crippen LogP contribution is -2.62. The zero-order chi connectivity index (χ0) is 19.0. The van der Waals surface area contributed by atoms with Crippen LogP contribution in [-0.2, 0) is 4.79 Å². The summed E-state index contributed by atoms with van der Waals surface area (Å²) in [5, 5.41) is 6.83. The minimum atomic E-state index is 0. The summed E-state index contributed by atoms with van der Waals surface area (Å²) in [6, 6.07) is 0. The Morgan fingerprint density at radius 1 is 1.07 bits per heavy atom. The van der Waals surface area contributed by atoms with Gasteiger partial charge in [0.25, 0.3) is 0 Å². The highest BCUT2D eigenvalue weighted by atomic mass is 127. The first-order valence-corrected chi connectivity index (χ1v) is 10.1. The first-order chi connectivity index (χ1) is 12.5. The van der Waals surface area contributed by atoms with Crippen LogP contribution in [0.15, 0.2) is 4.99 Å². The zero-order valence-electron chi connectivity index (χ0n) is 17.6. The van der Waals surface area contributed by atoms with Crippen molar-refractivity contribution in [3.05, 3.63) is 0 Å². The van der Waals surface area contributed by atoms with Gasteiger partial charge in [-0.3, -0.25) is 9.69 Å². The lowest BCUT2D eigenvalue weighted by atomic mass is 9.84. The highest BCUT2D eigenvalue weighted by Crippen LogP contribution is 2.30. The van der Waals surface area contributed by atoms with Crippen LogP contribution in [0.2, 0.25) is 0 Å². The number of hydrogen-bond acceptors (Lipinski definition) is 4. The Balaban J connectivity index is 0.00000364. The van der Waals surface area contributed by atoms with Gasteiger partial charge in [0.1, 0.15) is 6.54 Å². The van der Waals surface area contributed by atoms with Crippen molar-refractivity contribution in [1.29, 1.82) is 0 Å². The van der Waals surface area contributed by atoms with Crippen LogP contribution >= 0.6 is 24.0 Å². The standard InChI is InChI=1S/C19H38N6O.HI/c1-5-20-18(21-15-17(26)23(2)3)22-16-19(9-13-24(4)14-10-19)25-11-7-6-8-12-25;/h5-16H2,1-4H3,(H2,20,21,22);1H. The second-order valence-corrected chi connectivity index (χ2v) is 7.91. The van der Waals surface area contributed by atoms with Crippen molar-refractivity contribution in [2.75, 3.05) is 67.0 Å². The number of guanidine groups is 1. The quantitative estimate of drug-likeness (QED) is 0.330. The van der Waals surface area contributed by atoms with Gasteiger partial charge in [-0.25, -0.2) is 4.99 Å². The minimum Gasteiger partial charge on any atom is -0.357 e. The monoisotopic (exact) mass is 494 g/mol. The fourth-order valence-electron chi connectivity index (χ4n) is 3.89. The maximum Gasteiger partial charge on any atom is 0.243 e. The van der Waals surface area contributed by atoms with Gasteiger partial charge in [-0.15, -0.1) is 24.0 Å². The number of rotatable bonds is 6. The van der Waals surface area contributed by atoms with Crippen molar-refractivity contribution >= 4 is 35.8 Å². The number of piperidine rings is 2. The van der Waals surface area contributed by atoms with Crippen molar-refractivity contribution < 1.29 is 4.79 Å². The van der Waals surface area contributed by atoms with Crippen LogP contribution in [0.4, 0.5) is 0 Å². The van der Waals surface area contributed by atoms with Crippen LogP contribution in [0, 0.1) is 0 Å². The van der Waals surface area contributed by atoms with E-state index in [1.54, 1.807) is 19.0 Å². The molecule has 0 aromatic heterocycles. The molecule has 2 aliphatic rings. The summed E-state index contributed by atoms with van der Waals surface area (Å²) in [6.45, 7) is 8.62. The summed E-state index contributed by atoms with van der Waals surface area (Å²) in [5.74, 6) is 0.769. The molecule has 0 bridgehead atoms. The van der Waals surface area contributed by atoms with Crippen molar-refractivity contribution in [1.82, 2.24) is 25.3 Å². The van der Waals surface area contributed by atoms with E-state index in [0.29, 0.717) is 0 Å². The van der Waals surface area contributed by atoms with Crippen LogP contribution in [0.3, 0.4) is 0 Å². The number of aliphatic imine (C=N–C) groups is 1. The van der Waals surface area contributed by atoms with Crippen molar-refractivity contribution in [2.24, 2.45) is 4.99 Å². The lowest BCUT2D eigenvalue weighted by Gasteiger charge is -2.50. The molecule has 0 unspecified atom stereocenters. The van der Waals surface area contributed by atoms with Gasteiger partial charge in [-0.1, -0.05) is 6.42 Å². The minimum absolute atomic E-state index is 0. The number of nitrogens with zero attached hydrogens (tertiary/aromatic N) is 4. The van der Waals surface area contributed by atoms with Crippen LogP contribution in [0.25, 0.3) is 0 Å². The average Bonchev–Trinajstić information content (AvgIpc) is 2.66. The van der Waals surface area contributed by atoms with Crippen molar-refractivity contribution in [3.63, 3.8) is 0 Å². The molecule has 0 radical (unpaired) electrons. The van der Waals surface area contributed by atoms with E-state index in [1.165, 1.54) is 45.2 Å². The van der Waals surface area contributed by atoms with E-state index in [0.717, 1.165) is 32.1 Å². The van der Waals surface area contributed by atoms with E-state index in [4.69, 9.17) is 0 Å². The number of hydrogen-bond donors (Lipinski definition) is 2. The number of carbonyl (C=O) groups is 1. The maximum atomic E-state index is 11.9. The Kier molecular flexibility index (Phi) is 10.9. The van der Waals surface area contributed by atoms with Crippen LogP contribution in [0.5, 0.6) is 0 Å². The van der Waals surface area contributed by atoms with E-state index >= 15 is 0 Å². The molecule has 2 rings (SSSR count). The van der Waals surface area contributed by atoms with Crippen molar-refractivity contribution in [3.8, 4) is 0 Å². The Labute approximate surface area is 182 Å². The molecule has 0 spiro atoms. The molecule has 2 N–H and O–H groups in total. The largest absolute Gasteiger partial charge is 0.357 e. The summed E-state index contributed by atoms with van der Waals surface area (Å²) in [4.78, 5) is 23.1. The molecule has 1 amide bonds. The van der Waals surface area contributed by atoms with Gasteiger partial charge >= 0.3 is 0 Å². The van der Waals surface area contributed by atoms with Crippen molar-refractivity contribution in [2.45, 2.75) is 44.6 Å². The summed E-state index contributed by atoms with van der Waals surface area (Å²) < 4.78 is 0. The fraction of sp³-hybridized carbons (Fsp3) is 0.895. The normalized spacial score (nSPS) is 21.3. The predicted molar refractivity (Wildman–Crippen MR) is 123 cm³/mol. The summed E-state index contributed by atoms with van der Waals surface area (Å²) >= 11 is 0. The second kappa shape index (κ2) is 12.1. The third-order valence-corrected chi connectivity index (χ3v) is 5.74. The van der Waals surface area contributed by atoms with Gasteiger partial charge in [-0.05, 0) is 65.8 Å². The molecule has 158 valence electrons. The predicted octanol–water partition coefficient (Wildman–Crippen LogP) is 1.20. The first kappa shape index (κ1) is 24.4. The smallest absolute Gasteiger partial charge is 0.243 e. The molecule has 0 aromatic rings. The lowest BCUT2D eigenvalue weighted by molar-refractivity contribution is -0.127. The molecule has 0 saturated carbocycles. The maximum absolute atomic E-state index is 11.9. The number of halogens is 1. The molecular weight excluding hydrogens is 455 g/mol. The molecule has 2 fully saturated rings. The van der Waals surface area contributed by atoms with Gasteiger partial charge < -0.3 is 20.4 Å². The average molecular weight is 494 g/mol. The Bertz CT molecular complexity index is 471. The van der Waals surface area contributed by atoms with Gasteiger partial charge in [-0.2, -0.15) is 0 Å². The number of likely N-dealkylation sites (N-methyl/N-ethyl adjacent to an activating group) is 1. The topological polar surface area (TPSA) is 63.2 Å². The zero-order valence-corrected chi connectivity index (χ0v) is 19.9. The second-order valence-electron chi connectivity index (χ2n) is 7.91. The molecule has 2 aliphatic heterocycles. The van der Waals surface area contributed by atoms with Gasteiger partial charge in [0.05, 0.1) is 0 Å². The van der Waals surface area contributed by atoms with E-state index in [1.807, 2.05) is 0 Å². The third kappa shape index (κ3) is 7.38. The summed E-state index contributed by atoms with van der Waals surface area (Å²) in [5.41, 5.74) is 0.203. The van der Waals surface area contributed by atoms with E-state index in [9.17, 15) is 4.79 Å². The molecule has 0 atom stereocenters. The third-order valence-electron chi connectivity index (χ3n) is 5.74. The number of nitrogens with one attached hydrogen (secondary N) is 2. The molecule has 2 heterocycles. The SMILES string of the molecule is CCNC(=NCC(=O)N(C)C)NCC1(N2CCCCC2)CCN(C)CC1.I. The highest BCUT2D eigenvalue weighted by Gasteiger charge is 2.39. The number of carbonyl (C=O) groups excluding carboxylic acids is 1. The number of likely N-dealkylation sites (tertiary alicyclic amines) is 2. The van der Waals surface area contributed by atoms with E-state index < -0.39 is 0 Å². The molecule has 0 aliphatic carbocycles. The van der Waals surface area contributed by atoms with Crippen LogP contribution in [-0.4, -0.2) is 99.1 Å². The molecule has 27 heavy (non-hydrogen) atoms. The molecule has 7 nitrogen and oxygen atoms in total. The molecule has 8 heteroatoms. The van der Waals surface area contributed by atoms with Crippen LogP contribution < -0.4 is 10.6 Å².